The Bertz CT molecular complexity index is 494. The van der Waals surface area contributed by atoms with Gasteiger partial charge in [0.1, 0.15) is 10.7 Å². The van der Waals surface area contributed by atoms with Crippen molar-refractivity contribution in [1.29, 1.82) is 0 Å². The van der Waals surface area contributed by atoms with Gasteiger partial charge in [0.25, 0.3) is 0 Å². The lowest BCUT2D eigenvalue weighted by Crippen LogP contribution is -2.31. The monoisotopic (exact) mass is 317 g/mol. The Morgan fingerprint density at radius 3 is 3.00 bits per heavy atom. The summed E-state index contributed by atoms with van der Waals surface area (Å²) in [6.45, 7) is 0.921. The number of methoxy groups -OCH3 is 1. The van der Waals surface area contributed by atoms with Crippen molar-refractivity contribution in [3.05, 3.63) is 16.3 Å². The minimum atomic E-state index is -0.542. The maximum atomic E-state index is 12.1. The molecule has 0 fully saturated rings. The lowest BCUT2D eigenvalue weighted by atomic mass is 10.2. The summed E-state index contributed by atoms with van der Waals surface area (Å²) in [7, 11) is 1.32. The third kappa shape index (κ3) is 2.66. The number of halogens is 1. The van der Waals surface area contributed by atoms with Crippen LogP contribution in [-0.4, -0.2) is 32.3 Å². The SMILES string of the molecule is COC(=O)C(Br)Cn1nc2n(c1=O)CCCCC2. The van der Waals surface area contributed by atoms with E-state index in [2.05, 4.69) is 25.8 Å². The number of fused-ring (bicyclic) bond motifs is 1. The molecule has 0 radical (unpaired) electrons. The van der Waals surface area contributed by atoms with Gasteiger partial charge in [-0.1, -0.05) is 22.4 Å². The van der Waals surface area contributed by atoms with Gasteiger partial charge < -0.3 is 4.74 Å². The lowest BCUT2D eigenvalue weighted by Gasteiger charge is -2.06. The first-order valence-corrected chi connectivity index (χ1v) is 6.93. The zero-order chi connectivity index (χ0) is 13.1. The predicted molar refractivity (Wildman–Crippen MR) is 68.8 cm³/mol. The number of aromatic nitrogens is 3. The first kappa shape index (κ1) is 13.3. The lowest BCUT2D eigenvalue weighted by molar-refractivity contribution is -0.140. The molecule has 1 unspecified atom stereocenters. The highest BCUT2D eigenvalue weighted by Crippen LogP contribution is 2.11. The number of carbonyl (C=O) groups is 1. The Kier molecular flexibility index (Phi) is 4.21. The van der Waals surface area contributed by atoms with E-state index in [-0.39, 0.29) is 12.2 Å². The first-order chi connectivity index (χ1) is 8.63. The van der Waals surface area contributed by atoms with Crippen LogP contribution in [0.2, 0.25) is 0 Å². The Hall–Kier alpha value is -1.11. The van der Waals surface area contributed by atoms with Crippen LogP contribution in [0.15, 0.2) is 4.79 Å². The van der Waals surface area contributed by atoms with Gasteiger partial charge in [0.15, 0.2) is 0 Å². The second-order valence-electron chi connectivity index (χ2n) is 4.33. The highest BCUT2D eigenvalue weighted by atomic mass is 79.9. The maximum Gasteiger partial charge on any atom is 0.345 e. The fourth-order valence-electron chi connectivity index (χ4n) is 2.10. The van der Waals surface area contributed by atoms with Crippen LogP contribution in [0.3, 0.4) is 0 Å². The normalized spacial score (nSPS) is 16.8. The van der Waals surface area contributed by atoms with E-state index in [4.69, 9.17) is 0 Å². The molecule has 1 atom stereocenters. The molecule has 0 bridgehead atoms. The molecule has 1 aliphatic heterocycles. The van der Waals surface area contributed by atoms with Gasteiger partial charge in [0.2, 0.25) is 0 Å². The molecule has 0 N–H and O–H groups in total. The van der Waals surface area contributed by atoms with Gasteiger partial charge in [0, 0.05) is 13.0 Å². The molecule has 0 amide bonds. The quantitative estimate of drug-likeness (QED) is 0.608. The number of nitrogens with zero attached hydrogens (tertiary/aromatic N) is 3. The number of rotatable bonds is 3. The Morgan fingerprint density at radius 1 is 1.50 bits per heavy atom. The van der Waals surface area contributed by atoms with Crippen molar-refractivity contribution in [2.24, 2.45) is 0 Å². The van der Waals surface area contributed by atoms with Gasteiger partial charge >= 0.3 is 11.7 Å². The summed E-state index contributed by atoms with van der Waals surface area (Å²) in [5.41, 5.74) is -0.139. The topological polar surface area (TPSA) is 66.1 Å². The van der Waals surface area contributed by atoms with Crippen molar-refractivity contribution < 1.29 is 9.53 Å². The average molecular weight is 318 g/mol. The van der Waals surface area contributed by atoms with E-state index in [0.717, 1.165) is 38.1 Å². The van der Waals surface area contributed by atoms with Crippen LogP contribution in [0.4, 0.5) is 0 Å². The van der Waals surface area contributed by atoms with Crippen molar-refractivity contribution in [2.45, 2.75) is 43.6 Å². The van der Waals surface area contributed by atoms with Crippen molar-refractivity contribution in [2.75, 3.05) is 7.11 Å². The Morgan fingerprint density at radius 2 is 2.28 bits per heavy atom. The second kappa shape index (κ2) is 5.69. The standard InChI is InChI=1S/C11H16BrN3O3/c1-18-10(16)8(12)7-15-11(17)14-6-4-2-3-5-9(14)13-15/h8H,2-7H2,1H3. The van der Waals surface area contributed by atoms with Crippen LogP contribution in [0.25, 0.3) is 0 Å². The van der Waals surface area contributed by atoms with Crippen molar-refractivity contribution in [3.63, 3.8) is 0 Å². The summed E-state index contributed by atoms with van der Waals surface area (Å²) in [6, 6.07) is 0. The highest BCUT2D eigenvalue weighted by Gasteiger charge is 2.21. The molecular weight excluding hydrogens is 302 g/mol. The Labute approximate surface area is 113 Å². The Balaban J connectivity index is 2.20. The van der Waals surface area contributed by atoms with Crippen LogP contribution in [0.5, 0.6) is 0 Å². The van der Waals surface area contributed by atoms with Crippen LogP contribution in [0, 0.1) is 0 Å². The summed E-state index contributed by atoms with van der Waals surface area (Å²) >= 11 is 3.20. The van der Waals surface area contributed by atoms with E-state index in [1.807, 2.05) is 0 Å². The van der Waals surface area contributed by atoms with Gasteiger partial charge in [-0.2, -0.15) is 5.10 Å². The van der Waals surface area contributed by atoms with Crippen LogP contribution >= 0.6 is 15.9 Å². The van der Waals surface area contributed by atoms with Crippen molar-refractivity contribution in [3.8, 4) is 0 Å². The number of ether oxygens (including phenoxy) is 1. The summed E-state index contributed by atoms with van der Waals surface area (Å²) in [5, 5.41) is 4.30. The number of esters is 1. The predicted octanol–water partition coefficient (Wildman–Crippen LogP) is 0.708. The maximum absolute atomic E-state index is 12.1. The molecule has 2 heterocycles. The van der Waals surface area contributed by atoms with Crippen molar-refractivity contribution in [1.82, 2.24) is 14.3 Å². The number of hydrogen-bond donors (Lipinski definition) is 0. The molecule has 7 heteroatoms. The summed E-state index contributed by atoms with van der Waals surface area (Å²) in [4.78, 5) is 22.9. The second-order valence-corrected chi connectivity index (χ2v) is 5.44. The third-order valence-electron chi connectivity index (χ3n) is 3.07. The summed E-state index contributed by atoms with van der Waals surface area (Å²) in [6.07, 6.45) is 4.03. The number of carbonyl (C=O) groups excluding carboxylic acids is 1. The molecule has 1 aromatic rings. The molecule has 0 aromatic carbocycles. The zero-order valence-corrected chi connectivity index (χ0v) is 11.9. The summed E-state index contributed by atoms with van der Waals surface area (Å²) in [5.74, 6) is 0.423. The van der Waals surface area contributed by atoms with E-state index < -0.39 is 10.8 Å². The van der Waals surface area contributed by atoms with E-state index in [1.54, 1.807) is 4.57 Å². The molecule has 1 aromatic heterocycles. The minimum absolute atomic E-state index is 0.139. The fraction of sp³-hybridized carbons (Fsp3) is 0.727. The van der Waals surface area contributed by atoms with E-state index in [1.165, 1.54) is 11.8 Å². The number of alkyl halides is 1. The highest BCUT2D eigenvalue weighted by molar-refractivity contribution is 9.10. The number of aryl methyl sites for hydroxylation is 1. The van der Waals surface area contributed by atoms with E-state index >= 15 is 0 Å². The molecule has 0 spiro atoms. The molecule has 0 aliphatic carbocycles. The molecule has 0 saturated heterocycles. The number of hydrogen-bond acceptors (Lipinski definition) is 4. The van der Waals surface area contributed by atoms with Crippen LogP contribution in [-0.2, 0) is 29.0 Å². The van der Waals surface area contributed by atoms with Crippen LogP contribution < -0.4 is 5.69 Å². The molecule has 0 saturated carbocycles. The largest absolute Gasteiger partial charge is 0.468 e. The van der Waals surface area contributed by atoms with Gasteiger partial charge in [0.05, 0.1) is 13.7 Å². The third-order valence-corrected chi connectivity index (χ3v) is 3.74. The first-order valence-electron chi connectivity index (χ1n) is 6.02. The summed E-state index contributed by atoms with van der Waals surface area (Å²) < 4.78 is 7.67. The van der Waals surface area contributed by atoms with Crippen LogP contribution in [0.1, 0.15) is 25.1 Å². The molecule has 6 nitrogen and oxygen atoms in total. The average Bonchev–Trinajstić information content (AvgIpc) is 2.57. The van der Waals surface area contributed by atoms with Crippen molar-refractivity contribution >= 4 is 21.9 Å². The van der Waals surface area contributed by atoms with Gasteiger partial charge in [-0.05, 0) is 12.8 Å². The van der Waals surface area contributed by atoms with Gasteiger partial charge in [-0.3, -0.25) is 9.36 Å². The smallest absolute Gasteiger partial charge is 0.345 e. The van der Waals surface area contributed by atoms with E-state index in [9.17, 15) is 9.59 Å². The molecule has 100 valence electrons. The van der Waals surface area contributed by atoms with Gasteiger partial charge in [-0.25, -0.2) is 9.48 Å². The minimum Gasteiger partial charge on any atom is -0.468 e. The van der Waals surface area contributed by atoms with E-state index in [0.29, 0.717) is 0 Å². The fourth-order valence-corrected chi connectivity index (χ4v) is 2.56. The molecule has 1 aliphatic rings. The van der Waals surface area contributed by atoms with Gasteiger partial charge in [-0.15, -0.1) is 0 Å². The molecular formula is C11H16BrN3O3. The zero-order valence-electron chi connectivity index (χ0n) is 10.3. The molecule has 18 heavy (non-hydrogen) atoms. The molecule has 2 rings (SSSR count).